The van der Waals surface area contributed by atoms with Crippen LogP contribution < -0.4 is 11.1 Å². The smallest absolute Gasteiger partial charge is 0.241 e. The SMILES string of the molecule is CC(N)CCC(=O)NCC(=O)N1CCC(Cc2ccccc2)CC1.Cl. The van der Waals surface area contributed by atoms with Gasteiger partial charge in [-0.2, -0.15) is 0 Å². The molecule has 25 heavy (non-hydrogen) atoms. The number of piperidine rings is 1. The van der Waals surface area contributed by atoms with E-state index in [9.17, 15) is 9.59 Å². The minimum atomic E-state index is -0.0976. The number of amides is 2. The lowest BCUT2D eigenvalue weighted by Crippen LogP contribution is -2.44. The molecule has 1 aliphatic heterocycles. The molecule has 0 radical (unpaired) electrons. The second kappa shape index (κ2) is 11.1. The van der Waals surface area contributed by atoms with Crippen molar-refractivity contribution < 1.29 is 9.59 Å². The van der Waals surface area contributed by atoms with Crippen LogP contribution in [0.3, 0.4) is 0 Å². The Balaban J connectivity index is 0.00000312. The number of nitrogens with one attached hydrogen (secondary N) is 1. The van der Waals surface area contributed by atoms with Crippen LogP contribution in [0.25, 0.3) is 0 Å². The van der Waals surface area contributed by atoms with Crippen LogP contribution >= 0.6 is 12.4 Å². The summed E-state index contributed by atoms with van der Waals surface area (Å²) in [7, 11) is 0. The van der Waals surface area contributed by atoms with Gasteiger partial charge in [0.2, 0.25) is 11.8 Å². The maximum Gasteiger partial charge on any atom is 0.241 e. The Kier molecular flexibility index (Phi) is 9.53. The maximum absolute atomic E-state index is 12.2. The number of likely N-dealkylation sites (tertiary alicyclic amines) is 1. The Morgan fingerprint density at radius 2 is 1.88 bits per heavy atom. The summed E-state index contributed by atoms with van der Waals surface area (Å²) in [5.41, 5.74) is 6.99. The summed E-state index contributed by atoms with van der Waals surface area (Å²) in [6.45, 7) is 3.54. The third-order valence-electron chi connectivity index (χ3n) is 4.60. The van der Waals surface area contributed by atoms with Crippen LogP contribution in [0.1, 0.15) is 38.2 Å². The number of carbonyl (C=O) groups is 2. The number of halogens is 1. The highest BCUT2D eigenvalue weighted by atomic mass is 35.5. The summed E-state index contributed by atoms with van der Waals surface area (Å²) in [5, 5.41) is 2.70. The van der Waals surface area contributed by atoms with Gasteiger partial charge in [0.15, 0.2) is 0 Å². The molecule has 3 N–H and O–H groups in total. The van der Waals surface area contributed by atoms with Gasteiger partial charge in [-0.1, -0.05) is 30.3 Å². The molecule has 2 rings (SSSR count). The molecule has 1 atom stereocenters. The molecule has 1 aromatic rings. The highest BCUT2D eigenvalue weighted by Gasteiger charge is 2.23. The Morgan fingerprint density at radius 3 is 2.48 bits per heavy atom. The zero-order valence-electron chi connectivity index (χ0n) is 14.9. The van der Waals surface area contributed by atoms with Crippen LogP contribution in [0.5, 0.6) is 0 Å². The monoisotopic (exact) mass is 367 g/mol. The summed E-state index contributed by atoms with van der Waals surface area (Å²) in [4.78, 5) is 25.7. The van der Waals surface area contributed by atoms with Gasteiger partial charge in [0.1, 0.15) is 0 Å². The minimum absolute atomic E-state index is 0. The summed E-state index contributed by atoms with van der Waals surface area (Å²) >= 11 is 0. The predicted octanol–water partition coefficient (Wildman–Crippen LogP) is 2.13. The van der Waals surface area contributed by atoms with Crippen molar-refractivity contribution in [2.24, 2.45) is 11.7 Å². The van der Waals surface area contributed by atoms with Gasteiger partial charge in [0, 0.05) is 25.6 Å². The van der Waals surface area contributed by atoms with Crippen LogP contribution in [-0.2, 0) is 16.0 Å². The van der Waals surface area contributed by atoms with E-state index in [1.807, 2.05) is 17.9 Å². The standard InChI is InChI=1S/C19H29N3O2.ClH/c1-15(20)7-8-18(23)21-14-19(24)22-11-9-17(10-12-22)13-16-5-3-2-4-6-16;/h2-6,15,17H,7-14,20H2,1H3,(H,21,23);1H. The van der Waals surface area contributed by atoms with E-state index in [2.05, 4.69) is 29.6 Å². The molecule has 1 aromatic carbocycles. The molecule has 0 aliphatic carbocycles. The van der Waals surface area contributed by atoms with Crippen molar-refractivity contribution in [3.8, 4) is 0 Å². The predicted molar refractivity (Wildman–Crippen MR) is 103 cm³/mol. The van der Waals surface area contributed by atoms with E-state index < -0.39 is 0 Å². The van der Waals surface area contributed by atoms with Gasteiger partial charge in [-0.05, 0) is 44.1 Å². The zero-order chi connectivity index (χ0) is 17.4. The van der Waals surface area contributed by atoms with Crippen LogP contribution in [-0.4, -0.2) is 42.4 Å². The van der Waals surface area contributed by atoms with Gasteiger partial charge in [0.25, 0.3) is 0 Å². The third kappa shape index (κ3) is 7.88. The van der Waals surface area contributed by atoms with E-state index in [0.29, 0.717) is 18.8 Å². The first kappa shape index (κ1) is 21.5. The van der Waals surface area contributed by atoms with Crippen LogP contribution in [0.15, 0.2) is 30.3 Å². The Morgan fingerprint density at radius 1 is 1.24 bits per heavy atom. The molecule has 1 heterocycles. The quantitative estimate of drug-likeness (QED) is 0.775. The number of benzene rings is 1. The van der Waals surface area contributed by atoms with Gasteiger partial charge in [-0.15, -0.1) is 12.4 Å². The molecule has 0 bridgehead atoms. The number of nitrogens with two attached hydrogens (primary N) is 1. The van der Waals surface area contributed by atoms with Gasteiger partial charge in [0.05, 0.1) is 6.54 Å². The molecular formula is C19H30ClN3O2. The Labute approximate surface area is 156 Å². The number of hydrogen-bond donors (Lipinski definition) is 2. The number of nitrogens with zero attached hydrogens (tertiary/aromatic N) is 1. The van der Waals surface area contributed by atoms with E-state index in [4.69, 9.17) is 5.73 Å². The van der Waals surface area contributed by atoms with Crippen molar-refractivity contribution in [3.63, 3.8) is 0 Å². The molecule has 5 nitrogen and oxygen atoms in total. The maximum atomic E-state index is 12.2. The fourth-order valence-corrected chi connectivity index (χ4v) is 3.07. The van der Waals surface area contributed by atoms with Crippen molar-refractivity contribution in [2.45, 2.75) is 45.1 Å². The Bertz CT molecular complexity index is 529. The van der Waals surface area contributed by atoms with Crippen molar-refractivity contribution in [1.29, 1.82) is 0 Å². The Hall–Kier alpha value is -1.59. The molecule has 1 saturated heterocycles. The molecule has 140 valence electrons. The summed E-state index contributed by atoms with van der Waals surface area (Å²) in [6, 6.07) is 10.5. The fourth-order valence-electron chi connectivity index (χ4n) is 3.07. The van der Waals surface area contributed by atoms with Gasteiger partial charge in [-0.25, -0.2) is 0 Å². The number of hydrogen-bond acceptors (Lipinski definition) is 3. The molecular weight excluding hydrogens is 338 g/mol. The van der Waals surface area contributed by atoms with Gasteiger partial charge in [-0.3, -0.25) is 9.59 Å². The molecule has 0 aromatic heterocycles. The molecule has 2 amide bonds. The highest BCUT2D eigenvalue weighted by molar-refractivity contribution is 5.85. The van der Waals surface area contributed by atoms with Crippen molar-refractivity contribution >= 4 is 24.2 Å². The number of rotatable bonds is 7. The lowest BCUT2D eigenvalue weighted by molar-refractivity contribution is -0.134. The van der Waals surface area contributed by atoms with Gasteiger partial charge < -0.3 is 16.0 Å². The van der Waals surface area contributed by atoms with Gasteiger partial charge >= 0.3 is 0 Å². The van der Waals surface area contributed by atoms with E-state index in [0.717, 1.165) is 32.4 Å². The van der Waals surface area contributed by atoms with E-state index in [1.165, 1.54) is 5.56 Å². The third-order valence-corrected chi connectivity index (χ3v) is 4.60. The molecule has 1 fully saturated rings. The van der Waals surface area contributed by atoms with Crippen LogP contribution in [0.2, 0.25) is 0 Å². The molecule has 1 unspecified atom stereocenters. The van der Waals surface area contributed by atoms with Crippen LogP contribution in [0.4, 0.5) is 0 Å². The average Bonchev–Trinajstić information content (AvgIpc) is 2.59. The molecule has 1 aliphatic rings. The fraction of sp³-hybridized carbons (Fsp3) is 0.579. The second-order valence-electron chi connectivity index (χ2n) is 6.81. The zero-order valence-corrected chi connectivity index (χ0v) is 15.8. The normalized spacial score (nSPS) is 16.0. The second-order valence-corrected chi connectivity index (χ2v) is 6.81. The summed E-state index contributed by atoms with van der Waals surface area (Å²) in [6.07, 6.45) is 4.16. The van der Waals surface area contributed by atoms with Crippen LogP contribution in [0, 0.1) is 5.92 Å². The summed E-state index contributed by atoms with van der Waals surface area (Å²) in [5.74, 6) is 0.555. The highest BCUT2D eigenvalue weighted by Crippen LogP contribution is 2.21. The van der Waals surface area contributed by atoms with E-state index in [1.54, 1.807) is 0 Å². The average molecular weight is 368 g/mol. The van der Waals surface area contributed by atoms with E-state index in [-0.39, 0.29) is 36.8 Å². The first-order valence-electron chi connectivity index (χ1n) is 8.88. The lowest BCUT2D eigenvalue weighted by Gasteiger charge is -2.32. The minimum Gasteiger partial charge on any atom is -0.347 e. The van der Waals surface area contributed by atoms with E-state index >= 15 is 0 Å². The van der Waals surface area contributed by atoms with Crippen molar-refractivity contribution in [1.82, 2.24) is 10.2 Å². The van der Waals surface area contributed by atoms with Crippen molar-refractivity contribution in [3.05, 3.63) is 35.9 Å². The molecule has 0 saturated carbocycles. The topological polar surface area (TPSA) is 75.4 Å². The first-order chi connectivity index (χ1) is 11.5. The largest absolute Gasteiger partial charge is 0.347 e. The lowest BCUT2D eigenvalue weighted by atomic mass is 9.90. The molecule has 0 spiro atoms. The first-order valence-corrected chi connectivity index (χ1v) is 8.88. The molecule has 6 heteroatoms. The number of carbonyl (C=O) groups excluding carboxylic acids is 2. The van der Waals surface area contributed by atoms with Crippen molar-refractivity contribution in [2.75, 3.05) is 19.6 Å². The summed E-state index contributed by atoms with van der Waals surface area (Å²) < 4.78 is 0.